The lowest BCUT2D eigenvalue weighted by Crippen LogP contribution is -2.23. The Balaban J connectivity index is 1.66. The fraction of sp³-hybridized carbons (Fsp3) is 0.130. The van der Waals surface area contributed by atoms with Crippen LogP contribution >= 0.6 is 0 Å². The molecule has 0 aliphatic carbocycles. The molecule has 0 aliphatic rings. The van der Waals surface area contributed by atoms with E-state index in [2.05, 4.69) is 65.4 Å². The quantitative estimate of drug-likeness (QED) is 0.466. The molecule has 3 heterocycles. The van der Waals surface area contributed by atoms with Crippen LogP contribution in [-0.4, -0.2) is 24.8 Å². The van der Waals surface area contributed by atoms with Crippen molar-refractivity contribution in [2.75, 3.05) is 0 Å². The molecule has 0 fully saturated rings. The molecule has 5 nitrogen and oxygen atoms in total. The molecular formula is C23H19N5. The van der Waals surface area contributed by atoms with Gasteiger partial charge < -0.3 is 0 Å². The molecule has 0 saturated heterocycles. The molecule has 0 atom stereocenters. The maximum Gasteiger partial charge on any atom is 0.177 e. The van der Waals surface area contributed by atoms with Gasteiger partial charge in [0.1, 0.15) is 0 Å². The summed E-state index contributed by atoms with van der Waals surface area (Å²) in [5, 5.41) is 14.8. The highest BCUT2D eigenvalue weighted by molar-refractivity contribution is 5.79. The third-order valence-corrected chi connectivity index (χ3v) is 5.22. The number of pyridine rings is 1. The molecule has 5 aromatic rings. The van der Waals surface area contributed by atoms with Gasteiger partial charge >= 0.3 is 0 Å². The fourth-order valence-corrected chi connectivity index (χ4v) is 3.53. The SMILES string of the molecule is CC(C)(c1ccc2ncccc2c1)c1nnc2ccc(-c3ccccc3)nn12. The first-order valence-corrected chi connectivity index (χ1v) is 9.26. The van der Waals surface area contributed by atoms with Gasteiger partial charge in [0.25, 0.3) is 0 Å². The summed E-state index contributed by atoms with van der Waals surface area (Å²) in [4.78, 5) is 4.42. The molecule has 0 saturated carbocycles. The number of hydrogen-bond acceptors (Lipinski definition) is 4. The summed E-state index contributed by atoms with van der Waals surface area (Å²) >= 11 is 0. The van der Waals surface area contributed by atoms with Gasteiger partial charge in [-0.2, -0.15) is 9.61 Å². The molecule has 2 aromatic carbocycles. The van der Waals surface area contributed by atoms with Crippen molar-refractivity contribution in [1.82, 2.24) is 24.8 Å². The average Bonchev–Trinajstić information content (AvgIpc) is 3.18. The van der Waals surface area contributed by atoms with E-state index in [1.165, 1.54) is 0 Å². The van der Waals surface area contributed by atoms with E-state index in [-0.39, 0.29) is 5.41 Å². The second-order valence-electron chi connectivity index (χ2n) is 7.41. The molecule has 0 spiro atoms. The van der Waals surface area contributed by atoms with E-state index in [1.54, 1.807) is 0 Å². The number of benzene rings is 2. The highest BCUT2D eigenvalue weighted by Gasteiger charge is 2.30. The van der Waals surface area contributed by atoms with Crippen molar-refractivity contribution < 1.29 is 0 Å². The predicted molar refractivity (Wildman–Crippen MR) is 110 cm³/mol. The number of rotatable bonds is 3. The summed E-state index contributed by atoms with van der Waals surface area (Å²) in [5.41, 5.74) is 4.47. The van der Waals surface area contributed by atoms with E-state index in [4.69, 9.17) is 5.10 Å². The first-order chi connectivity index (χ1) is 13.6. The van der Waals surface area contributed by atoms with Crippen molar-refractivity contribution in [3.8, 4) is 11.3 Å². The first-order valence-electron chi connectivity index (χ1n) is 9.26. The van der Waals surface area contributed by atoms with E-state index in [1.807, 2.05) is 47.1 Å². The molecule has 136 valence electrons. The smallest absolute Gasteiger partial charge is 0.177 e. The summed E-state index contributed by atoms with van der Waals surface area (Å²) in [5.74, 6) is 0.809. The van der Waals surface area contributed by atoms with Gasteiger partial charge in [-0.15, -0.1) is 10.2 Å². The maximum atomic E-state index is 4.84. The number of nitrogens with zero attached hydrogens (tertiary/aromatic N) is 5. The monoisotopic (exact) mass is 365 g/mol. The Bertz CT molecular complexity index is 1290. The van der Waals surface area contributed by atoms with Crippen LogP contribution in [0.3, 0.4) is 0 Å². The normalized spacial score (nSPS) is 11.9. The van der Waals surface area contributed by atoms with Crippen molar-refractivity contribution >= 4 is 16.6 Å². The number of fused-ring (bicyclic) bond motifs is 2. The molecule has 28 heavy (non-hydrogen) atoms. The largest absolute Gasteiger partial charge is 0.256 e. The molecule has 0 N–H and O–H groups in total. The third kappa shape index (κ3) is 2.63. The summed E-state index contributed by atoms with van der Waals surface area (Å²) in [6.45, 7) is 4.30. The predicted octanol–water partition coefficient (Wildman–Crippen LogP) is 4.67. The lowest BCUT2D eigenvalue weighted by atomic mass is 9.83. The molecule has 0 radical (unpaired) electrons. The van der Waals surface area contributed by atoms with Crippen LogP contribution in [0.15, 0.2) is 79.0 Å². The van der Waals surface area contributed by atoms with Gasteiger partial charge in [0, 0.05) is 17.1 Å². The maximum absolute atomic E-state index is 4.84. The van der Waals surface area contributed by atoms with E-state index < -0.39 is 0 Å². The Hall–Kier alpha value is -3.60. The Labute approximate surface area is 162 Å². The van der Waals surface area contributed by atoms with Crippen molar-refractivity contribution in [3.05, 3.63) is 90.4 Å². The molecule has 5 heteroatoms. The minimum Gasteiger partial charge on any atom is -0.256 e. The van der Waals surface area contributed by atoms with Crippen LogP contribution in [0.25, 0.3) is 27.8 Å². The van der Waals surface area contributed by atoms with Crippen LogP contribution in [0.1, 0.15) is 25.2 Å². The van der Waals surface area contributed by atoms with Gasteiger partial charge in [-0.25, -0.2) is 0 Å². The topological polar surface area (TPSA) is 56.0 Å². The highest BCUT2D eigenvalue weighted by atomic mass is 15.4. The Morgan fingerprint density at radius 1 is 0.821 bits per heavy atom. The zero-order valence-electron chi connectivity index (χ0n) is 15.7. The minimum atomic E-state index is -0.369. The van der Waals surface area contributed by atoms with Crippen LogP contribution in [0.4, 0.5) is 0 Å². The average molecular weight is 365 g/mol. The van der Waals surface area contributed by atoms with Crippen molar-refractivity contribution in [3.63, 3.8) is 0 Å². The minimum absolute atomic E-state index is 0.369. The number of hydrogen-bond donors (Lipinski definition) is 0. The van der Waals surface area contributed by atoms with Crippen LogP contribution in [0, 0.1) is 0 Å². The van der Waals surface area contributed by atoms with Gasteiger partial charge in [-0.05, 0) is 49.7 Å². The fourth-order valence-electron chi connectivity index (χ4n) is 3.53. The van der Waals surface area contributed by atoms with Gasteiger partial charge in [0.2, 0.25) is 0 Å². The molecule has 0 unspecified atom stereocenters. The van der Waals surface area contributed by atoms with Crippen LogP contribution < -0.4 is 0 Å². The Morgan fingerprint density at radius 3 is 2.54 bits per heavy atom. The number of aromatic nitrogens is 5. The summed E-state index contributed by atoms with van der Waals surface area (Å²) in [6, 6.07) is 24.5. The molecule has 3 aromatic heterocycles. The molecule has 0 aliphatic heterocycles. The van der Waals surface area contributed by atoms with Crippen LogP contribution in [0.2, 0.25) is 0 Å². The van der Waals surface area contributed by atoms with Crippen LogP contribution in [0.5, 0.6) is 0 Å². The van der Waals surface area contributed by atoms with Gasteiger partial charge in [-0.1, -0.05) is 42.5 Å². The lowest BCUT2D eigenvalue weighted by molar-refractivity contribution is 0.568. The second kappa shape index (κ2) is 6.23. The molecule has 0 bridgehead atoms. The summed E-state index contributed by atoms with van der Waals surface area (Å²) in [7, 11) is 0. The second-order valence-corrected chi connectivity index (χ2v) is 7.41. The standard InChI is InChI=1S/C23H19N5/c1-23(2,18-10-11-19-17(15-18)9-6-14-24-19)22-26-25-21-13-12-20(27-28(21)22)16-7-4-3-5-8-16/h3-15H,1-2H3. The van der Waals surface area contributed by atoms with Gasteiger partial charge in [0.15, 0.2) is 11.5 Å². The van der Waals surface area contributed by atoms with Gasteiger partial charge in [-0.3, -0.25) is 4.98 Å². The van der Waals surface area contributed by atoms with E-state index >= 15 is 0 Å². The van der Waals surface area contributed by atoms with Gasteiger partial charge in [0.05, 0.1) is 16.6 Å². The van der Waals surface area contributed by atoms with E-state index in [9.17, 15) is 0 Å². The van der Waals surface area contributed by atoms with Crippen molar-refractivity contribution in [2.45, 2.75) is 19.3 Å². The Morgan fingerprint density at radius 2 is 1.68 bits per heavy atom. The van der Waals surface area contributed by atoms with E-state index in [0.717, 1.165) is 39.2 Å². The summed E-state index contributed by atoms with van der Waals surface area (Å²) in [6.07, 6.45) is 1.81. The molecule has 5 rings (SSSR count). The zero-order chi connectivity index (χ0) is 19.1. The Kier molecular flexibility index (Phi) is 3.69. The highest BCUT2D eigenvalue weighted by Crippen LogP contribution is 2.32. The van der Waals surface area contributed by atoms with E-state index in [0.29, 0.717) is 0 Å². The van der Waals surface area contributed by atoms with Crippen molar-refractivity contribution in [1.29, 1.82) is 0 Å². The summed E-state index contributed by atoms with van der Waals surface area (Å²) < 4.78 is 1.86. The third-order valence-electron chi connectivity index (χ3n) is 5.22. The zero-order valence-corrected chi connectivity index (χ0v) is 15.7. The first kappa shape index (κ1) is 16.6. The molecule has 0 amide bonds. The lowest BCUT2D eigenvalue weighted by Gasteiger charge is -2.23. The molecular weight excluding hydrogens is 346 g/mol. The van der Waals surface area contributed by atoms with Crippen molar-refractivity contribution in [2.24, 2.45) is 0 Å². The van der Waals surface area contributed by atoms with Crippen LogP contribution in [-0.2, 0) is 5.41 Å².